The maximum Gasteiger partial charge on any atom is 0.332 e. The summed E-state index contributed by atoms with van der Waals surface area (Å²) >= 11 is 0. The quantitative estimate of drug-likeness (QED) is 0.673. The Morgan fingerprint density at radius 3 is 2.91 bits per heavy atom. The number of ether oxygens (including phenoxy) is 1. The minimum absolute atomic E-state index is 0.473. The van der Waals surface area contributed by atoms with Gasteiger partial charge in [-0.25, -0.2) is 4.79 Å². The Morgan fingerprint density at radius 2 is 2.45 bits per heavy atom. The zero-order valence-electron chi connectivity index (χ0n) is 6.75. The van der Waals surface area contributed by atoms with Crippen LogP contribution in [0.1, 0.15) is 26.2 Å². The summed E-state index contributed by atoms with van der Waals surface area (Å²) < 4.78 is 5.08. The summed E-state index contributed by atoms with van der Waals surface area (Å²) in [5.41, 5.74) is 0. The SMILES string of the molecule is CCCC1COC(C(=O)O)C1. The molecule has 1 aliphatic heterocycles. The number of rotatable bonds is 3. The van der Waals surface area contributed by atoms with Crippen LogP contribution in [-0.2, 0) is 9.53 Å². The molecule has 2 atom stereocenters. The van der Waals surface area contributed by atoms with Gasteiger partial charge in [0.05, 0.1) is 6.61 Å². The second-order valence-corrected chi connectivity index (χ2v) is 3.05. The van der Waals surface area contributed by atoms with E-state index in [1.165, 1.54) is 0 Å². The number of hydrogen-bond donors (Lipinski definition) is 1. The highest BCUT2D eigenvalue weighted by atomic mass is 16.5. The zero-order valence-corrected chi connectivity index (χ0v) is 6.75. The smallest absolute Gasteiger partial charge is 0.332 e. The van der Waals surface area contributed by atoms with Gasteiger partial charge in [0.25, 0.3) is 0 Å². The lowest BCUT2D eigenvalue weighted by Gasteiger charge is -2.02. The Balaban J connectivity index is 2.29. The Kier molecular flexibility index (Phi) is 2.88. The first-order chi connectivity index (χ1) is 5.24. The average Bonchev–Trinajstić information content (AvgIpc) is 2.37. The van der Waals surface area contributed by atoms with Crippen molar-refractivity contribution in [3.05, 3.63) is 0 Å². The second kappa shape index (κ2) is 3.72. The fourth-order valence-electron chi connectivity index (χ4n) is 1.47. The van der Waals surface area contributed by atoms with Gasteiger partial charge in [-0.1, -0.05) is 13.3 Å². The number of carboxylic acids is 1. The molecule has 0 spiro atoms. The first kappa shape index (κ1) is 8.53. The van der Waals surface area contributed by atoms with E-state index in [0.717, 1.165) is 12.8 Å². The monoisotopic (exact) mass is 158 g/mol. The van der Waals surface area contributed by atoms with Crippen LogP contribution in [0.25, 0.3) is 0 Å². The summed E-state index contributed by atoms with van der Waals surface area (Å²) in [6.45, 7) is 2.74. The fraction of sp³-hybridized carbons (Fsp3) is 0.875. The van der Waals surface area contributed by atoms with E-state index in [4.69, 9.17) is 9.84 Å². The van der Waals surface area contributed by atoms with E-state index in [9.17, 15) is 4.79 Å². The third-order valence-corrected chi connectivity index (χ3v) is 2.05. The Morgan fingerprint density at radius 1 is 1.73 bits per heavy atom. The van der Waals surface area contributed by atoms with Crippen LogP contribution in [0.3, 0.4) is 0 Å². The van der Waals surface area contributed by atoms with E-state index in [1.54, 1.807) is 0 Å². The minimum atomic E-state index is -0.816. The Labute approximate surface area is 66.4 Å². The molecule has 0 amide bonds. The molecule has 11 heavy (non-hydrogen) atoms. The van der Waals surface area contributed by atoms with Gasteiger partial charge in [-0.3, -0.25) is 0 Å². The van der Waals surface area contributed by atoms with Crippen LogP contribution in [0.4, 0.5) is 0 Å². The minimum Gasteiger partial charge on any atom is -0.479 e. The van der Waals surface area contributed by atoms with Crippen LogP contribution in [0.15, 0.2) is 0 Å². The summed E-state index contributed by atoms with van der Waals surface area (Å²) in [7, 11) is 0. The molecule has 2 unspecified atom stereocenters. The van der Waals surface area contributed by atoms with Crippen LogP contribution in [-0.4, -0.2) is 23.8 Å². The van der Waals surface area contributed by atoms with Gasteiger partial charge in [-0.15, -0.1) is 0 Å². The van der Waals surface area contributed by atoms with Gasteiger partial charge in [-0.2, -0.15) is 0 Å². The summed E-state index contributed by atoms with van der Waals surface area (Å²) in [5, 5.41) is 8.57. The average molecular weight is 158 g/mol. The third-order valence-electron chi connectivity index (χ3n) is 2.05. The van der Waals surface area contributed by atoms with Crippen molar-refractivity contribution >= 4 is 5.97 Å². The number of aliphatic carboxylic acids is 1. The predicted molar refractivity (Wildman–Crippen MR) is 40.4 cm³/mol. The molecule has 3 nitrogen and oxygen atoms in total. The van der Waals surface area contributed by atoms with Gasteiger partial charge in [0.1, 0.15) is 0 Å². The van der Waals surface area contributed by atoms with Crippen LogP contribution in [0.2, 0.25) is 0 Å². The molecular weight excluding hydrogens is 144 g/mol. The van der Waals surface area contributed by atoms with Crippen molar-refractivity contribution in [1.82, 2.24) is 0 Å². The molecule has 3 heteroatoms. The van der Waals surface area contributed by atoms with Gasteiger partial charge in [0, 0.05) is 0 Å². The van der Waals surface area contributed by atoms with E-state index in [1.807, 2.05) is 0 Å². The molecule has 64 valence electrons. The lowest BCUT2D eigenvalue weighted by molar-refractivity contribution is -0.147. The second-order valence-electron chi connectivity index (χ2n) is 3.05. The summed E-state index contributed by atoms with van der Waals surface area (Å²) in [4.78, 5) is 10.4. The molecular formula is C8H14O3. The van der Waals surface area contributed by atoms with Crippen LogP contribution >= 0.6 is 0 Å². The van der Waals surface area contributed by atoms with Crippen molar-refractivity contribution < 1.29 is 14.6 Å². The van der Waals surface area contributed by atoms with Crippen molar-refractivity contribution in [1.29, 1.82) is 0 Å². The standard InChI is InChI=1S/C8H14O3/c1-2-3-6-4-7(8(9)10)11-5-6/h6-7H,2-5H2,1H3,(H,9,10). The number of hydrogen-bond acceptors (Lipinski definition) is 2. The van der Waals surface area contributed by atoms with Gasteiger partial charge in [0.2, 0.25) is 0 Å². The van der Waals surface area contributed by atoms with Crippen molar-refractivity contribution in [2.45, 2.75) is 32.3 Å². The number of carboxylic acid groups (broad SMARTS) is 1. The van der Waals surface area contributed by atoms with E-state index >= 15 is 0 Å². The van der Waals surface area contributed by atoms with Gasteiger partial charge < -0.3 is 9.84 Å². The molecule has 1 aliphatic rings. The first-order valence-electron chi connectivity index (χ1n) is 4.08. The maximum absolute atomic E-state index is 10.4. The molecule has 0 saturated carbocycles. The lowest BCUT2D eigenvalue weighted by Crippen LogP contribution is -2.18. The van der Waals surface area contributed by atoms with E-state index in [2.05, 4.69) is 6.92 Å². The van der Waals surface area contributed by atoms with Gasteiger partial charge in [-0.05, 0) is 18.8 Å². The predicted octanol–water partition coefficient (Wildman–Crippen LogP) is 1.28. The summed E-state index contributed by atoms with van der Waals surface area (Å²) in [6.07, 6.45) is 2.36. The molecule has 1 rings (SSSR count). The molecule has 0 aromatic carbocycles. The third kappa shape index (κ3) is 2.19. The highest BCUT2D eigenvalue weighted by molar-refractivity contribution is 5.72. The van der Waals surface area contributed by atoms with E-state index in [0.29, 0.717) is 18.9 Å². The maximum atomic E-state index is 10.4. The molecule has 0 radical (unpaired) electrons. The molecule has 0 bridgehead atoms. The first-order valence-corrected chi connectivity index (χ1v) is 4.08. The van der Waals surface area contributed by atoms with Crippen LogP contribution in [0.5, 0.6) is 0 Å². The molecule has 1 fully saturated rings. The van der Waals surface area contributed by atoms with Crippen molar-refractivity contribution in [2.24, 2.45) is 5.92 Å². The zero-order chi connectivity index (χ0) is 8.27. The summed E-state index contributed by atoms with van der Waals surface area (Å²) in [5.74, 6) is -0.343. The Bertz CT molecular complexity index is 144. The van der Waals surface area contributed by atoms with Gasteiger partial charge in [0.15, 0.2) is 6.10 Å². The molecule has 0 aromatic rings. The van der Waals surface area contributed by atoms with Crippen molar-refractivity contribution in [3.63, 3.8) is 0 Å². The Hall–Kier alpha value is -0.570. The number of carbonyl (C=O) groups is 1. The highest BCUT2D eigenvalue weighted by Crippen LogP contribution is 2.23. The van der Waals surface area contributed by atoms with Crippen molar-refractivity contribution in [3.8, 4) is 0 Å². The topological polar surface area (TPSA) is 46.5 Å². The van der Waals surface area contributed by atoms with E-state index < -0.39 is 12.1 Å². The van der Waals surface area contributed by atoms with E-state index in [-0.39, 0.29) is 0 Å². The van der Waals surface area contributed by atoms with Crippen LogP contribution in [0, 0.1) is 5.92 Å². The molecule has 1 N–H and O–H groups in total. The molecule has 1 heterocycles. The lowest BCUT2D eigenvalue weighted by atomic mass is 10.0. The van der Waals surface area contributed by atoms with Crippen LogP contribution < -0.4 is 0 Å². The summed E-state index contributed by atoms with van der Waals surface area (Å²) in [6, 6.07) is 0. The largest absolute Gasteiger partial charge is 0.479 e. The van der Waals surface area contributed by atoms with Crippen molar-refractivity contribution in [2.75, 3.05) is 6.61 Å². The highest BCUT2D eigenvalue weighted by Gasteiger charge is 2.29. The fourth-order valence-corrected chi connectivity index (χ4v) is 1.47. The normalized spacial score (nSPS) is 30.6. The molecule has 0 aromatic heterocycles. The molecule has 1 saturated heterocycles. The molecule has 0 aliphatic carbocycles. The van der Waals surface area contributed by atoms with Gasteiger partial charge >= 0.3 is 5.97 Å².